The second kappa shape index (κ2) is 3.84. The van der Waals surface area contributed by atoms with Crippen LogP contribution in [0.3, 0.4) is 0 Å². The number of hydrogen-bond acceptors (Lipinski definition) is 2. The monoisotopic (exact) mass is 199 g/mol. The van der Waals surface area contributed by atoms with E-state index in [2.05, 4.69) is 21.8 Å². The van der Waals surface area contributed by atoms with E-state index in [1.54, 1.807) is 6.20 Å². The van der Waals surface area contributed by atoms with Crippen LogP contribution in [0.5, 0.6) is 0 Å². The summed E-state index contributed by atoms with van der Waals surface area (Å²) in [7, 11) is 0. The van der Waals surface area contributed by atoms with Crippen molar-refractivity contribution in [3.8, 4) is 11.8 Å². The summed E-state index contributed by atoms with van der Waals surface area (Å²) in [6, 6.07) is 3.83. The summed E-state index contributed by atoms with van der Waals surface area (Å²) in [6.07, 6.45) is 3.55. The standard InChI is InChI=1S/C11H9N3O/c12-10(15)3-1-2-8-6-9-4-5-13-11(9)14-7-8/h4-7H,3H2,(H2,12,15)(H,13,14). The van der Waals surface area contributed by atoms with Gasteiger partial charge in [0, 0.05) is 23.3 Å². The molecule has 0 aromatic carbocycles. The van der Waals surface area contributed by atoms with Crippen LogP contribution in [-0.4, -0.2) is 15.9 Å². The Hall–Kier alpha value is -2.28. The van der Waals surface area contributed by atoms with E-state index in [-0.39, 0.29) is 6.42 Å². The molecular weight excluding hydrogens is 190 g/mol. The number of nitrogens with one attached hydrogen (secondary N) is 1. The molecule has 3 N–H and O–H groups in total. The van der Waals surface area contributed by atoms with Crippen LogP contribution in [0.2, 0.25) is 0 Å². The van der Waals surface area contributed by atoms with Crippen molar-refractivity contribution in [2.24, 2.45) is 5.73 Å². The van der Waals surface area contributed by atoms with E-state index in [1.165, 1.54) is 0 Å². The number of rotatable bonds is 1. The molecule has 15 heavy (non-hydrogen) atoms. The normalized spacial score (nSPS) is 9.60. The van der Waals surface area contributed by atoms with Gasteiger partial charge in [-0.3, -0.25) is 4.79 Å². The van der Waals surface area contributed by atoms with Crippen LogP contribution in [0.1, 0.15) is 12.0 Å². The van der Waals surface area contributed by atoms with Crippen molar-refractivity contribution >= 4 is 16.9 Å². The average molecular weight is 199 g/mol. The highest BCUT2D eigenvalue weighted by Gasteiger charge is 1.95. The molecule has 0 fully saturated rings. The largest absolute Gasteiger partial charge is 0.369 e. The molecule has 2 rings (SSSR count). The lowest BCUT2D eigenvalue weighted by Crippen LogP contribution is -2.08. The Morgan fingerprint density at radius 2 is 2.47 bits per heavy atom. The third-order valence-corrected chi connectivity index (χ3v) is 1.90. The van der Waals surface area contributed by atoms with Crippen molar-refractivity contribution in [1.82, 2.24) is 9.97 Å². The van der Waals surface area contributed by atoms with Gasteiger partial charge in [-0.2, -0.15) is 0 Å². The molecule has 74 valence electrons. The minimum absolute atomic E-state index is 0.0746. The van der Waals surface area contributed by atoms with Crippen LogP contribution in [0.25, 0.3) is 11.0 Å². The molecule has 0 spiro atoms. The van der Waals surface area contributed by atoms with Crippen molar-refractivity contribution in [1.29, 1.82) is 0 Å². The SMILES string of the molecule is NC(=O)CC#Cc1cnc2[nH]ccc2c1. The Bertz CT molecular complexity index is 560. The first-order valence-electron chi connectivity index (χ1n) is 4.46. The van der Waals surface area contributed by atoms with Crippen LogP contribution in [-0.2, 0) is 4.79 Å². The molecule has 0 bridgehead atoms. The molecule has 0 atom stereocenters. The van der Waals surface area contributed by atoms with Gasteiger partial charge >= 0.3 is 0 Å². The minimum atomic E-state index is -0.418. The fourth-order valence-corrected chi connectivity index (χ4v) is 1.24. The van der Waals surface area contributed by atoms with E-state index in [1.807, 2.05) is 18.3 Å². The van der Waals surface area contributed by atoms with Crippen molar-refractivity contribution < 1.29 is 4.79 Å². The van der Waals surface area contributed by atoms with Gasteiger partial charge in [0.2, 0.25) is 5.91 Å². The summed E-state index contributed by atoms with van der Waals surface area (Å²) < 4.78 is 0. The number of nitrogens with zero attached hydrogens (tertiary/aromatic N) is 1. The maximum absolute atomic E-state index is 10.5. The third kappa shape index (κ3) is 2.15. The second-order valence-corrected chi connectivity index (χ2v) is 3.08. The molecule has 4 nitrogen and oxygen atoms in total. The quantitative estimate of drug-likeness (QED) is 0.666. The number of amides is 1. The van der Waals surface area contributed by atoms with Gasteiger partial charge in [0.05, 0.1) is 6.42 Å². The van der Waals surface area contributed by atoms with Crippen molar-refractivity contribution in [2.45, 2.75) is 6.42 Å². The Kier molecular flexibility index (Phi) is 2.38. The Morgan fingerprint density at radius 3 is 3.27 bits per heavy atom. The van der Waals surface area contributed by atoms with Crippen LogP contribution in [0.4, 0.5) is 0 Å². The van der Waals surface area contributed by atoms with E-state index in [0.29, 0.717) is 0 Å². The number of aromatic nitrogens is 2. The van der Waals surface area contributed by atoms with E-state index >= 15 is 0 Å². The predicted molar refractivity (Wildman–Crippen MR) is 56.8 cm³/mol. The van der Waals surface area contributed by atoms with Crippen LogP contribution in [0, 0.1) is 11.8 Å². The molecule has 0 saturated carbocycles. The third-order valence-electron chi connectivity index (χ3n) is 1.90. The van der Waals surface area contributed by atoms with Gasteiger partial charge in [-0.1, -0.05) is 11.8 Å². The zero-order valence-corrected chi connectivity index (χ0v) is 7.95. The first kappa shape index (κ1) is 9.28. The number of primary amides is 1. The number of aromatic amines is 1. The van der Waals surface area contributed by atoms with Gasteiger partial charge < -0.3 is 10.7 Å². The smallest absolute Gasteiger partial charge is 0.229 e. The molecular formula is C11H9N3O. The van der Waals surface area contributed by atoms with Crippen LogP contribution in [0.15, 0.2) is 24.5 Å². The van der Waals surface area contributed by atoms with Crippen molar-refractivity contribution in [2.75, 3.05) is 0 Å². The number of nitrogens with two attached hydrogens (primary N) is 1. The molecule has 2 heterocycles. The number of H-pyrrole nitrogens is 1. The summed E-state index contributed by atoms with van der Waals surface area (Å²) in [5, 5.41) is 1.00. The maximum atomic E-state index is 10.5. The van der Waals surface area contributed by atoms with Gasteiger partial charge in [-0.25, -0.2) is 4.98 Å². The first-order chi connectivity index (χ1) is 7.25. The number of hydrogen-bond donors (Lipinski definition) is 2. The summed E-state index contributed by atoms with van der Waals surface area (Å²) in [5.74, 6) is 5.10. The van der Waals surface area contributed by atoms with E-state index in [0.717, 1.165) is 16.6 Å². The molecule has 2 aromatic rings. The van der Waals surface area contributed by atoms with E-state index in [9.17, 15) is 4.79 Å². The van der Waals surface area contributed by atoms with Crippen LogP contribution < -0.4 is 5.73 Å². The summed E-state index contributed by atoms with van der Waals surface area (Å²) >= 11 is 0. The molecule has 4 heteroatoms. The summed E-state index contributed by atoms with van der Waals surface area (Å²) in [6.45, 7) is 0. The van der Waals surface area contributed by atoms with Gasteiger partial charge in [0.15, 0.2) is 0 Å². The zero-order chi connectivity index (χ0) is 10.7. The number of carbonyl (C=O) groups is 1. The Labute approximate surface area is 86.5 Å². The van der Waals surface area contributed by atoms with E-state index < -0.39 is 5.91 Å². The highest BCUT2D eigenvalue weighted by atomic mass is 16.1. The zero-order valence-electron chi connectivity index (χ0n) is 7.95. The number of carbonyl (C=O) groups excluding carboxylic acids is 1. The summed E-state index contributed by atoms with van der Waals surface area (Å²) in [5.41, 5.74) is 6.58. The molecule has 0 aliphatic heterocycles. The molecule has 1 amide bonds. The van der Waals surface area contributed by atoms with Gasteiger partial charge in [0.25, 0.3) is 0 Å². The second-order valence-electron chi connectivity index (χ2n) is 3.08. The van der Waals surface area contributed by atoms with Gasteiger partial charge in [-0.15, -0.1) is 0 Å². The lowest BCUT2D eigenvalue weighted by Gasteiger charge is -1.90. The highest BCUT2D eigenvalue weighted by Crippen LogP contribution is 2.10. The first-order valence-corrected chi connectivity index (χ1v) is 4.46. The fraction of sp³-hybridized carbons (Fsp3) is 0.0909. The molecule has 0 aliphatic carbocycles. The molecule has 2 aromatic heterocycles. The molecule has 0 aliphatic rings. The fourth-order valence-electron chi connectivity index (χ4n) is 1.24. The number of fused-ring (bicyclic) bond motifs is 1. The van der Waals surface area contributed by atoms with E-state index in [4.69, 9.17) is 5.73 Å². The average Bonchev–Trinajstić information content (AvgIpc) is 2.64. The minimum Gasteiger partial charge on any atom is -0.369 e. The predicted octanol–water partition coefficient (Wildman–Crippen LogP) is 0.790. The molecule has 0 unspecified atom stereocenters. The summed E-state index contributed by atoms with van der Waals surface area (Å²) in [4.78, 5) is 17.6. The maximum Gasteiger partial charge on any atom is 0.229 e. The number of pyridine rings is 1. The Morgan fingerprint density at radius 1 is 1.60 bits per heavy atom. The van der Waals surface area contributed by atoms with Crippen molar-refractivity contribution in [3.05, 3.63) is 30.1 Å². The molecule has 0 radical (unpaired) electrons. The highest BCUT2D eigenvalue weighted by molar-refractivity contribution is 5.78. The lowest BCUT2D eigenvalue weighted by atomic mass is 10.2. The van der Waals surface area contributed by atoms with Crippen molar-refractivity contribution in [3.63, 3.8) is 0 Å². The van der Waals surface area contributed by atoms with Gasteiger partial charge in [0.1, 0.15) is 5.65 Å². The Balaban J connectivity index is 2.27. The van der Waals surface area contributed by atoms with Gasteiger partial charge in [-0.05, 0) is 12.1 Å². The molecule has 0 saturated heterocycles. The topological polar surface area (TPSA) is 71.8 Å². The van der Waals surface area contributed by atoms with Crippen LogP contribution >= 0.6 is 0 Å². The lowest BCUT2D eigenvalue weighted by molar-refractivity contribution is -0.117.